The van der Waals surface area contributed by atoms with Crippen molar-refractivity contribution >= 4 is 23.1 Å². The van der Waals surface area contributed by atoms with E-state index in [9.17, 15) is 4.79 Å². The van der Waals surface area contributed by atoms with E-state index in [1.54, 1.807) is 4.68 Å². The van der Waals surface area contributed by atoms with Crippen LogP contribution in [-0.4, -0.2) is 33.9 Å². The molecule has 2 heterocycles. The molecule has 1 N–H and O–H groups in total. The van der Waals surface area contributed by atoms with E-state index in [1.165, 1.54) is 11.3 Å². The smallest absolute Gasteiger partial charge is 0.251 e. The highest BCUT2D eigenvalue weighted by Crippen LogP contribution is 2.26. The lowest BCUT2D eigenvalue weighted by Crippen LogP contribution is -2.20. The summed E-state index contributed by atoms with van der Waals surface area (Å²) in [6, 6.07) is 11.8. The SMILES string of the molecule is CCOCC(=O)Nc1cc(C)nn1-c1nc(-c2ccccc2)cs1. The van der Waals surface area contributed by atoms with Gasteiger partial charge in [-0.2, -0.15) is 9.78 Å². The molecule has 0 bridgehead atoms. The van der Waals surface area contributed by atoms with Crippen molar-refractivity contribution < 1.29 is 9.53 Å². The zero-order valence-corrected chi connectivity index (χ0v) is 14.3. The summed E-state index contributed by atoms with van der Waals surface area (Å²) in [5, 5.41) is 9.93. The molecule has 0 aliphatic carbocycles. The Labute approximate surface area is 144 Å². The molecule has 0 atom stereocenters. The Morgan fingerprint density at radius 1 is 1.33 bits per heavy atom. The molecule has 0 radical (unpaired) electrons. The molecule has 124 valence electrons. The normalized spacial score (nSPS) is 10.8. The Balaban J connectivity index is 1.85. The van der Waals surface area contributed by atoms with Crippen molar-refractivity contribution in [2.24, 2.45) is 0 Å². The predicted octanol–water partition coefficient (Wildman–Crippen LogP) is 3.28. The van der Waals surface area contributed by atoms with Crippen molar-refractivity contribution in [2.75, 3.05) is 18.5 Å². The Morgan fingerprint density at radius 3 is 2.88 bits per heavy atom. The first-order valence-electron chi connectivity index (χ1n) is 7.63. The Morgan fingerprint density at radius 2 is 2.12 bits per heavy atom. The maximum atomic E-state index is 11.9. The van der Waals surface area contributed by atoms with E-state index in [1.807, 2.05) is 55.6 Å². The molecular formula is C17H18N4O2S. The van der Waals surface area contributed by atoms with Crippen molar-refractivity contribution in [3.8, 4) is 16.4 Å². The Kier molecular flexibility index (Phi) is 5.02. The molecule has 7 heteroatoms. The van der Waals surface area contributed by atoms with Crippen LogP contribution in [0.1, 0.15) is 12.6 Å². The molecule has 3 rings (SSSR count). The maximum absolute atomic E-state index is 11.9. The summed E-state index contributed by atoms with van der Waals surface area (Å²) in [6.45, 7) is 4.25. The summed E-state index contributed by atoms with van der Waals surface area (Å²) >= 11 is 1.48. The molecule has 1 aromatic carbocycles. The second-order valence-electron chi connectivity index (χ2n) is 5.15. The number of thiazole rings is 1. The van der Waals surface area contributed by atoms with Gasteiger partial charge in [0, 0.05) is 23.6 Å². The van der Waals surface area contributed by atoms with Crippen LogP contribution in [0.25, 0.3) is 16.4 Å². The minimum atomic E-state index is -0.210. The molecule has 0 aliphatic heterocycles. The number of rotatable bonds is 6. The van der Waals surface area contributed by atoms with Gasteiger partial charge in [-0.1, -0.05) is 30.3 Å². The van der Waals surface area contributed by atoms with Gasteiger partial charge in [0.15, 0.2) is 0 Å². The summed E-state index contributed by atoms with van der Waals surface area (Å²) in [4.78, 5) is 16.5. The number of hydrogen-bond acceptors (Lipinski definition) is 5. The number of carbonyl (C=O) groups is 1. The third-order valence-corrected chi connectivity index (χ3v) is 4.10. The second kappa shape index (κ2) is 7.37. The van der Waals surface area contributed by atoms with Crippen LogP contribution >= 0.6 is 11.3 Å². The van der Waals surface area contributed by atoms with E-state index in [-0.39, 0.29) is 12.5 Å². The molecule has 2 aromatic heterocycles. The first-order chi connectivity index (χ1) is 11.7. The third-order valence-electron chi connectivity index (χ3n) is 3.28. The highest BCUT2D eigenvalue weighted by molar-refractivity contribution is 7.12. The number of anilines is 1. The van der Waals surface area contributed by atoms with E-state index in [2.05, 4.69) is 15.4 Å². The number of ether oxygens (including phenoxy) is 1. The Hall–Kier alpha value is -2.51. The van der Waals surface area contributed by atoms with Crippen LogP contribution < -0.4 is 5.32 Å². The number of benzene rings is 1. The van der Waals surface area contributed by atoms with Crippen LogP contribution in [0.15, 0.2) is 41.8 Å². The highest BCUT2D eigenvalue weighted by atomic mass is 32.1. The average molecular weight is 342 g/mol. The van der Waals surface area contributed by atoms with Gasteiger partial charge < -0.3 is 10.1 Å². The first-order valence-corrected chi connectivity index (χ1v) is 8.51. The monoisotopic (exact) mass is 342 g/mol. The van der Waals surface area contributed by atoms with Gasteiger partial charge >= 0.3 is 0 Å². The number of nitrogens with zero attached hydrogens (tertiary/aromatic N) is 3. The van der Waals surface area contributed by atoms with Crippen LogP contribution in [0.2, 0.25) is 0 Å². The molecule has 6 nitrogen and oxygen atoms in total. The molecule has 0 saturated heterocycles. The number of carbonyl (C=O) groups excluding carboxylic acids is 1. The van der Waals surface area contributed by atoms with Gasteiger partial charge in [-0.05, 0) is 13.8 Å². The average Bonchev–Trinajstić information content (AvgIpc) is 3.20. The van der Waals surface area contributed by atoms with Gasteiger partial charge in [-0.25, -0.2) is 4.98 Å². The molecule has 24 heavy (non-hydrogen) atoms. The molecule has 0 aliphatic rings. The van der Waals surface area contributed by atoms with E-state index in [0.29, 0.717) is 17.6 Å². The van der Waals surface area contributed by atoms with Gasteiger partial charge in [-0.3, -0.25) is 4.79 Å². The van der Waals surface area contributed by atoms with Crippen molar-refractivity contribution in [3.05, 3.63) is 47.5 Å². The van der Waals surface area contributed by atoms with Gasteiger partial charge in [0.25, 0.3) is 5.91 Å². The molecule has 0 spiro atoms. The van der Waals surface area contributed by atoms with Crippen LogP contribution in [0.3, 0.4) is 0 Å². The predicted molar refractivity (Wildman–Crippen MR) is 94.5 cm³/mol. The molecule has 3 aromatic rings. The molecule has 1 amide bonds. The number of hydrogen-bond donors (Lipinski definition) is 1. The summed E-state index contributed by atoms with van der Waals surface area (Å²) in [7, 11) is 0. The fourth-order valence-electron chi connectivity index (χ4n) is 2.21. The summed E-state index contributed by atoms with van der Waals surface area (Å²) < 4.78 is 6.78. The minimum absolute atomic E-state index is 0.0217. The highest BCUT2D eigenvalue weighted by Gasteiger charge is 2.14. The van der Waals surface area contributed by atoms with Crippen molar-refractivity contribution in [2.45, 2.75) is 13.8 Å². The topological polar surface area (TPSA) is 69.0 Å². The number of aryl methyl sites for hydroxylation is 1. The molecular weight excluding hydrogens is 324 g/mol. The largest absolute Gasteiger partial charge is 0.372 e. The quantitative estimate of drug-likeness (QED) is 0.746. The van der Waals surface area contributed by atoms with E-state index >= 15 is 0 Å². The number of aromatic nitrogens is 3. The summed E-state index contributed by atoms with van der Waals surface area (Å²) in [6.07, 6.45) is 0. The van der Waals surface area contributed by atoms with Gasteiger partial charge in [0.2, 0.25) is 5.13 Å². The van der Waals surface area contributed by atoms with E-state index in [0.717, 1.165) is 17.0 Å². The fraction of sp³-hybridized carbons (Fsp3) is 0.235. The van der Waals surface area contributed by atoms with Crippen molar-refractivity contribution in [1.82, 2.24) is 14.8 Å². The third kappa shape index (κ3) is 3.69. The summed E-state index contributed by atoms with van der Waals surface area (Å²) in [5.41, 5.74) is 2.74. The Bertz CT molecular complexity index is 826. The van der Waals surface area contributed by atoms with Crippen molar-refractivity contribution in [1.29, 1.82) is 0 Å². The van der Waals surface area contributed by atoms with Crippen LogP contribution in [0.5, 0.6) is 0 Å². The van der Waals surface area contributed by atoms with Gasteiger partial charge in [-0.15, -0.1) is 11.3 Å². The van der Waals surface area contributed by atoms with E-state index in [4.69, 9.17) is 4.74 Å². The molecule has 0 unspecified atom stereocenters. The number of nitrogens with one attached hydrogen (secondary N) is 1. The lowest BCUT2D eigenvalue weighted by Gasteiger charge is -2.06. The lowest BCUT2D eigenvalue weighted by molar-refractivity contribution is -0.120. The summed E-state index contributed by atoms with van der Waals surface area (Å²) in [5.74, 6) is 0.379. The minimum Gasteiger partial charge on any atom is -0.372 e. The van der Waals surface area contributed by atoms with Crippen LogP contribution in [0.4, 0.5) is 5.82 Å². The van der Waals surface area contributed by atoms with E-state index < -0.39 is 0 Å². The molecule has 0 saturated carbocycles. The number of amides is 1. The standard InChI is InChI=1S/C17H18N4O2S/c1-3-23-10-16(22)19-15-9-12(2)20-21(15)17-18-14(11-24-17)13-7-5-4-6-8-13/h4-9,11H,3,10H2,1-2H3,(H,19,22). The van der Waals surface area contributed by atoms with Crippen LogP contribution in [0, 0.1) is 6.92 Å². The van der Waals surface area contributed by atoms with Crippen molar-refractivity contribution in [3.63, 3.8) is 0 Å². The zero-order valence-electron chi connectivity index (χ0n) is 13.5. The van der Waals surface area contributed by atoms with Crippen LogP contribution in [-0.2, 0) is 9.53 Å². The first kappa shape index (κ1) is 16.4. The van der Waals surface area contributed by atoms with Gasteiger partial charge in [0.1, 0.15) is 12.4 Å². The van der Waals surface area contributed by atoms with Gasteiger partial charge in [0.05, 0.1) is 11.4 Å². The fourth-order valence-corrected chi connectivity index (χ4v) is 3.01. The second-order valence-corrected chi connectivity index (χ2v) is 5.99. The lowest BCUT2D eigenvalue weighted by atomic mass is 10.2. The maximum Gasteiger partial charge on any atom is 0.251 e. The zero-order chi connectivity index (χ0) is 16.9. The molecule has 0 fully saturated rings.